The number of anilines is 1. The molecule has 6 nitrogen and oxygen atoms in total. The minimum Gasteiger partial charge on any atom is -0.481 e. The molecule has 2 atom stereocenters. The van der Waals surface area contributed by atoms with Gasteiger partial charge in [-0.1, -0.05) is 32.0 Å². The van der Waals surface area contributed by atoms with E-state index in [0.29, 0.717) is 19.3 Å². The molecule has 0 saturated heterocycles. The van der Waals surface area contributed by atoms with Crippen LogP contribution in [0.2, 0.25) is 0 Å². The normalized spacial score (nSPS) is 17.6. The van der Waals surface area contributed by atoms with E-state index < -0.39 is 11.9 Å². The Morgan fingerprint density at radius 3 is 2.72 bits per heavy atom. The minimum atomic E-state index is -0.891. The average molecular weight is 346 g/mol. The van der Waals surface area contributed by atoms with Crippen molar-refractivity contribution >= 4 is 23.5 Å². The Balaban J connectivity index is 1.80. The van der Waals surface area contributed by atoms with Gasteiger partial charge in [-0.15, -0.1) is 0 Å². The molecule has 0 fully saturated rings. The number of aliphatic carboxylic acids is 1. The molecule has 2 amide bonds. The van der Waals surface area contributed by atoms with Crippen molar-refractivity contribution < 1.29 is 19.5 Å². The van der Waals surface area contributed by atoms with Crippen LogP contribution in [0.15, 0.2) is 24.3 Å². The van der Waals surface area contributed by atoms with Crippen LogP contribution < -0.4 is 10.6 Å². The zero-order valence-electron chi connectivity index (χ0n) is 14.7. The van der Waals surface area contributed by atoms with E-state index in [2.05, 4.69) is 10.6 Å². The predicted octanol–water partition coefficient (Wildman–Crippen LogP) is 2.44. The van der Waals surface area contributed by atoms with Gasteiger partial charge in [0.25, 0.3) is 0 Å². The van der Waals surface area contributed by atoms with Crippen LogP contribution in [0.3, 0.4) is 0 Å². The van der Waals surface area contributed by atoms with E-state index in [1.165, 1.54) is 0 Å². The number of carbonyl (C=O) groups excluding carboxylic acids is 2. The maximum absolute atomic E-state index is 12.1. The van der Waals surface area contributed by atoms with E-state index >= 15 is 0 Å². The third kappa shape index (κ3) is 5.59. The number of hydrogen-bond acceptors (Lipinski definition) is 3. The molecule has 1 aliphatic heterocycles. The van der Waals surface area contributed by atoms with Crippen LogP contribution in [-0.2, 0) is 20.8 Å². The summed E-state index contributed by atoms with van der Waals surface area (Å²) in [5.41, 5.74) is 1.92. The first-order valence-corrected chi connectivity index (χ1v) is 8.75. The van der Waals surface area contributed by atoms with Gasteiger partial charge < -0.3 is 15.7 Å². The van der Waals surface area contributed by atoms with Crippen LogP contribution >= 0.6 is 0 Å². The molecule has 1 aromatic rings. The minimum absolute atomic E-state index is 0.0604. The van der Waals surface area contributed by atoms with E-state index in [4.69, 9.17) is 0 Å². The summed E-state index contributed by atoms with van der Waals surface area (Å²) >= 11 is 0. The molecule has 0 bridgehead atoms. The van der Waals surface area contributed by atoms with Crippen molar-refractivity contribution in [1.82, 2.24) is 5.32 Å². The molecule has 1 aromatic carbocycles. The number of carboxylic acid groups (broad SMARTS) is 1. The Morgan fingerprint density at radius 1 is 1.32 bits per heavy atom. The van der Waals surface area contributed by atoms with Crippen LogP contribution in [0, 0.1) is 17.8 Å². The first-order valence-electron chi connectivity index (χ1n) is 8.75. The van der Waals surface area contributed by atoms with Crippen LogP contribution in [-0.4, -0.2) is 29.4 Å². The van der Waals surface area contributed by atoms with Crippen molar-refractivity contribution in [2.75, 3.05) is 11.9 Å². The lowest BCUT2D eigenvalue weighted by Gasteiger charge is -2.24. The Labute approximate surface area is 148 Å². The lowest BCUT2D eigenvalue weighted by molar-refractivity contribution is -0.142. The summed E-state index contributed by atoms with van der Waals surface area (Å²) in [4.78, 5) is 35.3. The highest BCUT2D eigenvalue weighted by molar-refractivity contribution is 5.96. The molecule has 6 heteroatoms. The maximum atomic E-state index is 12.1. The van der Waals surface area contributed by atoms with Crippen molar-refractivity contribution in [3.05, 3.63) is 29.8 Å². The molecule has 0 saturated carbocycles. The maximum Gasteiger partial charge on any atom is 0.308 e. The van der Waals surface area contributed by atoms with Crippen molar-refractivity contribution in [3.63, 3.8) is 0 Å². The van der Waals surface area contributed by atoms with Gasteiger partial charge in [-0.2, -0.15) is 0 Å². The molecule has 0 spiro atoms. The Kier molecular flexibility index (Phi) is 6.56. The molecule has 0 aliphatic carbocycles. The number of para-hydroxylation sites is 1. The number of carboxylic acids is 1. The summed E-state index contributed by atoms with van der Waals surface area (Å²) in [5.74, 6) is -1.71. The quantitative estimate of drug-likeness (QED) is 0.674. The van der Waals surface area contributed by atoms with Crippen molar-refractivity contribution in [2.45, 2.75) is 39.5 Å². The molecule has 25 heavy (non-hydrogen) atoms. The molecule has 1 heterocycles. The smallest absolute Gasteiger partial charge is 0.308 e. The molecule has 1 aliphatic rings. The molecular weight excluding hydrogens is 320 g/mol. The van der Waals surface area contributed by atoms with Gasteiger partial charge in [0.2, 0.25) is 11.8 Å². The van der Waals surface area contributed by atoms with Gasteiger partial charge in [-0.3, -0.25) is 14.4 Å². The van der Waals surface area contributed by atoms with E-state index in [1.807, 2.05) is 38.1 Å². The van der Waals surface area contributed by atoms with Crippen LogP contribution in [0.25, 0.3) is 0 Å². The summed E-state index contributed by atoms with van der Waals surface area (Å²) in [6.45, 7) is 4.04. The summed E-state index contributed by atoms with van der Waals surface area (Å²) in [6, 6.07) is 7.66. The van der Waals surface area contributed by atoms with E-state index in [0.717, 1.165) is 11.3 Å². The predicted molar refractivity (Wildman–Crippen MR) is 95.1 cm³/mol. The van der Waals surface area contributed by atoms with E-state index in [-0.39, 0.29) is 36.6 Å². The number of fused-ring (bicyclic) bond motifs is 1. The Bertz CT molecular complexity index is 642. The van der Waals surface area contributed by atoms with Gasteiger partial charge in [0, 0.05) is 24.6 Å². The number of benzene rings is 1. The van der Waals surface area contributed by atoms with Gasteiger partial charge in [0.1, 0.15) is 0 Å². The first kappa shape index (κ1) is 19.0. The Morgan fingerprint density at radius 2 is 2.04 bits per heavy atom. The van der Waals surface area contributed by atoms with Crippen molar-refractivity contribution in [2.24, 2.45) is 17.8 Å². The van der Waals surface area contributed by atoms with Gasteiger partial charge in [-0.05, 0) is 36.8 Å². The topological polar surface area (TPSA) is 95.5 Å². The van der Waals surface area contributed by atoms with E-state index in [1.54, 1.807) is 0 Å². The number of amides is 2. The summed E-state index contributed by atoms with van der Waals surface area (Å²) < 4.78 is 0. The standard InChI is InChI=1S/C19H26N2O4/c1-12(2)9-15(19(24)25)11-20-17(22)8-7-14-10-13-5-3-4-6-16(13)21-18(14)23/h3-6,12,14-15H,7-11H2,1-2H3,(H,20,22)(H,21,23)(H,24,25). The van der Waals surface area contributed by atoms with Crippen LogP contribution in [0.1, 0.15) is 38.7 Å². The molecule has 2 unspecified atom stereocenters. The zero-order valence-corrected chi connectivity index (χ0v) is 14.7. The molecule has 2 rings (SSSR count). The fraction of sp³-hybridized carbons (Fsp3) is 0.526. The highest BCUT2D eigenvalue weighted by Crippen LogP contribution is 2.27. The molecular formula is C19H26N2O4. The number of hydrogen-bond donors (Lipinski definition) is 3. The second-order valence-electron chi connectivity index (χ2n) is 7.05. The van der Waals surface area contributed by atoms with Crippen LogP contribution in [0.4, 0.5) is 5.69 Å². The third-order valence-electron chi connectivity index (χ3n) is 4.48. The van der Waals surface area contributed by atoms with Gasteiger partial charge in [0.15, 0.2) is 0 Å². The SMILES string of the molecule is CC(C)CC(CNC(=O)CCC1Cc2ccccc2NC1=O)C(=O)O. The summed E-state index contributed by atoms with van der Waals surface area (Å²) in [5, 5.41) is 14.8. The lowest BCUT2D eigenvalue weighted by Crippen LogP contribution is -2.35. The third-order valence-corrected chi connectivity index (χ3v) is 4.48. The number of rotatable bonds is 8. The second-order valence-corrected chi connectivity index (χ2v) is 7.05. The van der Waals surface area contributed by atoms with Gasteiger partial charge in [-0.25, -0.2) is 0 Å². The lowest BCUT2D eigenvalue weighted by atomic mass is 9.89. The number of carbonyl (C=O) groups is 3. The fourth-order valence-electron chi connectivity index (χ4n) is 3.12. The highest BCUT2D eigenvalue weighted by atomic mass is 16.4. The average Bonchev–Trinajstić information content (AvgIpc) is 2.56. The molecule has 0 aromatic heterocycles. The summed E-state index contributed by atoms with van der Waals surface area (Å²) in [6.07, 6.45) is 1.82. The van der Waals surface area contributed by atoms with Gasteiger partial charge >= 0.3 is 5.97 Å². The summed E-state index contributed by atoms with van der Waals surface area (Å²) in [7, 11) is 0. The van der Waals surface area contributed by atoms with Crippen molar-refractivity contribution in [3.8, 4) is 0 Å². The largest absolute Gasteiger partial charge is 0.481 e. The van der Waals surface area contributed by atoms with Crippen molar-refractivity contribution in [1.29, 1.82) is 0 Å². The number of nitrogens with one attached hydrogen (secondary N) is 2. The first-order chi connectivity index (χ1) is 11.9. The second kappa shape index (κ2) is 8.65. The van der Waals surface area contributed by atoms with Gasteiger partial charge in [0.05, 0.1) is 5.92 Å². The van der Waals surface area contributed by atoms with E-state index in [9.17, 15) is 19.5 Å². The molecule has 3 N–H and O–H groups in total. The molecule has 0 radical (unpaired) electrons. The Hall–Kier alpha value is -2.37. The monoisotopic (exact) mass is 346 g/mol. The zero-order chi connectivity index (χ0) is 18.4. The molecule has 136 valence electrons. The highest BCUT2D eigenvalue weighted by Gasteiger charge is 2.26. The van der Waals surface area contributed by atoms with Crippen LogP contribution in [0.5, 0.6) is 0 Å². The fourth-order valence-corrected chi connectivity index (χ4v) is 3.12.